The van der Waals surface area contributed by atoms with E-state index in [1.165, 1.54) is 17.2 Å². The number of piperazine rings is 1. The third kappa shape index (κ3) is 10.9. The molecule has 0 unspecified atom stereocenters. The van der Waals surface area contributed by atoms with Gasteiger partial charge in [-0.25, -0.2) is 13.8 Å². The molecule has 1 aliphatic carbocycles. The van der Waals surface area contributed by atoms with Crippen molar-refractivity contribution in [3.05, 3.63) is 87.7 Å². The summed E-state index contributed by atoms with van der Waals surface area (Å²) in [6.07, 6.45) is 7.30. The molecule has 15 heteroatoms. The molecule has 0 saturated carbocycles. The first-order valence-electron chi connectivity index (χ1n) is 20.3. The van der Waals surface area contributed by atoms with Crippen LogP contribution in [0.3, 0.4) is 0 Å². The standard InChI is InChI=1S/C43H53F2N7O5S/c1-43(2)14-10-32(31(25-43)4-3-5-40(44)45)28-50-16-18-51(19-17-50)33-6-8-36(39(23-33)57-34-22-30-11-15-46-41(30)48-27-34)42(53)49-58-35-7-9-37(38(24-35)52(54)55)47-26-29-12-20-56-21-13-29/h6-9,11,15,22-24,27,29,40,47H,3-5,10,12-14,16-21,25-26,28H2,1-2H3,(H,46,48)(H,49,53). The van der Waals surface area contributed by atoms with Gasteiger partial charge in [0.2, 0.25) is 6.43 Å². The number of fused-ring (bicyclic) bond motifs is 1. The Morgan fingerprint density at radius 1 is 1.10 bits per heavy atom. The fraction of sp³-hybridized carbons (Fsp3) is 0.488. The average molecular weight is 818 g/mol. The predicted molar refractivity (Wildman–Crippen MR) is 224 cm³/mol. The van der Waals surface area contributed by atoms with Crippen LogP contribution >= 0.6 is 11.9 Å². The van der Waals surface area contributed by atoms with Gasteiger partial charge in [-0.2, -0.15) is 0 Å². The van der Waals surface area contributed by atoms with Crippen LogP contribution in [0.2, 0.25) is 0 Å². The van der Waals surface area contributed by atoms with Gasteiger partial charge in [0.05, 0.1) is 16.7 Å². The molecule has 58 heavy (non-hydrogen) atoms. The monoisotopic (exact) mass is 817 g/mol. The molecule has 3 N–H and O–H groups in total. The molecule has 2 fully saturated rings. The van der Waals surface area contributed by atoms with Gasteiger partial charge in [-0.05, 0) is 105 Å². The van der Waals surface area contributed by atoms with E-state index in [0.29, 0.717) is 59.7 Å². The Morgan fingerprint density at radius 2 is 1.91 bits per heavy atom. The lowest BCUT2D eigenvalue weighted by Crippen LogP contribution is -2.47. The Bertz CT molecular complexity index is 2100. The molecule has 4 heterocycles. The third-order valence-corrected chi connectivity index (χ3v) is 12.3. The quantitative estimate of drug-likeness (QED) is 0.0434. The number of hydrogen-bond acceptors (Lipinski definition) is 10. The van der Waals surface area contributed by atoms with Crippen LogP contribution in [-0.2, 0) is 4.74 Å². The number of aromatic nitrogens is 2. The number of ether oxygens (including phenoxy) is 2. The van der Waals surface area contributed by atoms with Crippen molar-refractivity contribution < 1.29 is 28.0 Å². The fourth-order valence-electron chi connectivity index (χ4n) is 8.14. The van der Waals surface area contributed by atoms with Gasteiger partial charge in [0.15, 0.2) is 0 Å². The number of hydrogen-bond donors (Lipinski definition) is 3. The topological polar surface area (TPSA) is 138 Å². The van der Waals surface area contributed by atoms with Gasteiger partial charge in [-0.1, -0.05) is 25.0 Å². The van der Waals surface area contributed by atoms with Gasteiger partial charge in [0, 0.05) is 93.2 Å². The molecule has 2 aromatic heterocycles. The van der Waals surface area contributed by atoms with E-state index in [1.54, 1.807) is 30.6 Å². The number of carbonyl (C=O) groups excluding carboxylic acids is 1. The fourth-order valence-corrected chi connectivity index (χ4v) is 8.77. The van der Waals surface area contributed by atoms with E-state index < -0.39 is 17.3 Å². The molecule has 2 aliphatic heterocycles. The lowest BCUT2D eigenvalue weighted by molar-refractivity contribution is -0.384. The minimum absolute atomic E-state index is 0.0495. The molecule has 2 aromatic carbocycles. The zero-order valence-corrected chi connectivity index (χ0v) is 34.1. The highest BCUT2D eigenvalue weighted by molar-refractivity contribution is 7.98. The third-order valence-electron chi connectivity index (χ3n) is 11.5. The number of halogens is 2. The Kier molecular flexibility index (Phi) is 13.5. The minimum atomic E-state index is -2.26. The van der Waals surface area contributed by atoms with Gasteiger partial charge >= 0.3 is 0 Å². The van der Waals surface area contributed by atoms with Crippen molar-refractivity contribution in [2.75, 3.05) is 62.7 Å². The van der Waals surface area contributed by atoms with E-state index in [2.05, 4.69) is 43.7 Å². The van der Waals surface area contributed by atoms with Gasteiger partial charge < -0.3 is 24.7 Å². The van der Waals surface area contributed by atoms with E-state index in [1.807, 2.05) is 24.3 Å². The van der Waals surface area contributed by atoms with Crippen LogP contribution in [0.5, 0.6) is 11.5 Å². The van der Waals surface area contributed by atoms with E-state index in [9.17, 15) is 23.7 Å². The van der Waals surface area contributed by atoms with Crippen LogP contribution in [0.1, 0.15) is 75.6 Å². The maximum atomic E-state index is 13.8. The van der Waals surface area contributed by atoms with Crippen LogP contribution in [0.15, 0.2) is 77.0 Å². The van der Waals surface area contributed by atoms with Gasteiger partial charge in [-0.3, -0.25) is 24.5 Å². The van der Waals surface area contributed by atoms with Gasteiger partial charge in [-0.15, -0.1) is 0 Å². The lowest BCUT2D eigenvalue weighted by atomic mass is 9.73. The van der Waals surface area contributed by atoms with Crippen molar-refractivity contribution >= 4 is 46.0 Å². The smallest absolute Gasteiger partial charge is 0.293 e. The number of benzene rings is 2. The maximum absolute atomic E-state index is 13.8. The summed E-state index contributed by atoms with van der Waals surface area (Å²) in [6, 6.07) is 14.2. The second kappa shape index (κ2) is 18.9. The highest BCUT2D eigenvalue weighted by Gasteiger charge is 2.29. The number of carbonyl (C=O) groups is 1. The predicted octanol–water partition coefficient (Wildman–Crippen LogP) is 9.60. The largest absolute Gasteiger partial charge is 0.455 e. The number of amides is 1. The summed E-state index contributed by atoms with van der Waals surface area (Å²) in [5.41, 5.74) is 5.31. The van der Waals surface area contributed by atoms with Crippen LogP contribution in [0.25, 0.3) is 11.0 Å². The molecular formula is C43H53F2N7O5S. The number of alkyl halides is 2. The van der Waals surface area contributed by atoms with E-state index in [-0.39, 0.29) is 17.5 Å². The number of nitro benzene ring substituents is 1. The molecule has 0 atom stereocenters. The molecular weight excluding hydrogens is 765 g/mol. The van der Waals surface area contributed by atoms with Crippen molar-refractivity contribution in [3.8, 4) is 11.5 Å². The van der Waals surface area contributed by atoms with Gasteiger partial charge in [0.25, 0.3) is 11.6 Å². The molecule has 12 nitrogen and oxygen atoms in total. The summed E-state index contributed by atoms with van der Waals surface area (Å²) in [5, 5.41) is 16.1. The first kappa shape index (κ1) is 41.4. The average Bonchev–Trinajstić information content (AvgIpc) is 3.69. The SMILES string of the molecule is CC1(C)CCC(CN2CCN(c3ccc(C(=O)NSc4ccc(NCC5CCOCC5)c([N+](=O)[O-])c4)c(Oc4cnc5[nH]ccc5c4)c3)CC2)=C(CCCC(F)F)C1. The minimum Gasteiger partial charge on any atom is -0.455 e. The first-order valence-corrected chi connectivity index (χ1v) is 21.1. The highest BCUT2D eigenvalue weighted by Crippen LogP contribution is 2.41. The molecule has 0 radical (unpaired) electrons. The molecule has 4 aromatic rings. The summed E-state index contributed by atoms with van der Waals surface area (Å²) in [4.78, 5) is 38.2. The van der Waals surface area contributed by atoms with E-state index in [0.717, 1.165) is 99.9 Å². The van der Waals surface area contributed by atoms with E-state index in [4.69, 9.17) is 9.47 Å². The summed E-state index contributed by atoms with van der Waals surface area (Å²) in [5.74, 6) is 0.811. The summed E-state index contributed by atoms with van der Waals surface area (Å²) in [7, 11) is 0. The first-order chi connectivity index (χ1) is 28.0. The molecule has 1 amide bonds. The molecule has 2 saturated heterocycles. The zero-order valence-electron chi connectivity index (χ0n) is 33.2. The highest BCUT2D eigenvalue weighted by atomic mass is 32.2. The second-order valence-electron chi connectivity index (χ2n) is 16.4. The van der Waals surface area contributed by atoms with Crippen LogP contribution in [-0.4, -0.2) is 84.6 Å². The molecule has 3 aliphatic rings. The Morgan fingerprint density at radius 3 is 2.69 bits per heavy atom. The van der Waals surface area contributed by atoms with Crippen LogP contribution in [0, 0.1) is 21.4 Å². The van der Waals surface area contributed by atoms with Crippen molar-refractivity contribution in [2.24, 2.45) is 11.3 Å². The summed E-state index contributed by atoms with van der Waals surface area (Å²) in [6.45, 7) is 10.7. The number of pyridine rings is 1. The number of anilines is 2. The Hall–Kier alpha value is -4.73. The number of aromatic amines is 1. The zero-order chi connectivity index (χ0) is 40.6. The van der Waals surface area contributed by atoms with Crippen molar-refractivity contribution in [1.29, 1.82) is 0 Å². The Balaban J connectivity index is 1.03. The lowest BCUT2D eigenvalue weighted by Gasteiger charge is -2.39. The normalized spacial score (nSPS) is 17.8. The summed E-state index contributed by atoms with van der Waals surface area (Å²) >= 11 is 1.01. The maximum Gasteiger partial charge on any atom is 0.293 e. The van der Waals surface area contributed by atoms with Gasteiger partial charge in [0.1, 0.15) is 22.8 Å². The van der Waals surface area contributed by atoms with Crippen molar-refractivity contribution in [1.82, 2.24) is 19.6 Å². The number of nitrogens with one attached hydrogen (secondary N) is 3. The van der Waals surface area contributed by atoms with Crippen LogP contribution in [0.4, 0.5) is 25.8 Å². The number of nitrogens with zero attached hydrogens (tertiary/aromatic N) is 4. The summed E-state index contributed by atoms with van der Waals surface area (Å²) < 4.78 is 40.6. The molecule has 0 bridgehead atoms. The number of rotatable bonds is 16. The number of allylic oxidation sites excluding steroid dienone is 1. The molecule has 310 valence electrons. The van der Waals surface area contributed by atoms with Crippen molar-refractivity contribution in [3.63, 3.8) is 0 Å². The number of H-pyrrole nitrogens is 1. The second-order valence-corrected chi connectivity index (χ2v) is 17.2. The number of nitro groups is 1. The Labute approximate surface area is 342 Å². The van der Waals surface area contributed by atoms with Crippen molar-refractivity contribution in [2.45, 2.75) is 76.5 Å². The molecule has 0 spiro atoms. The van der Waals surface area contributed by atoms with E-state index >= 15 is 0 Å². The van der Waals surface area contributed by atoms with Crippen LogP contribution < -0.4 is 19.7 Å². The molecule has 7 rings (SSSR count).